The van der Waals surface area contributed by atoms with Crippen LogP contribution in [0, 0.1) is 11.8 Å². The predicted molar refractivity (Wildman–Crippen MR) is 279 cm³/mol. The van der Waals surface area contributed by atoms with E-state index in [1.165, 1.54) is 0 Å². The van der Waals surface area contributed by atoms with Gasteiger partial charge in [0, 0.05) is 73.4 Å². The Bertz CT molecular complexity index is 4370. The summed E-state index contributed by atoms with van der Waals surface area (Å²) in [6.07, 6.45) is 13.7. The van der Waals surface area contributed by atoms with Crippen LogP contribution in [-0.4, -0.2) is 36.9 Å². The maximum absolute atomic E-state index is 14.5. The van der Waals surface area contributed by atoms with E-state index in [1.807, 2.05) is 114 Å². The van der Waals surface area contributed by atoms with Crippen LogP contribution in [0.4, 0.5) is 22.7 Å². The van der Waals surface area contributed by atoms with Crippen LogP contribution in [0.2, 0.25) is 0 Å². The lowest BCUT2D eigenvalue weighted by atomic mass is 9.69. The number of pyridine rings is 2. The summed E-state index contributed by atoms with van der Waals surface area (Å²) in [7, 11) is 0. The molecule has 12 nitrogen and oxygen atoms in total. The lowest BCUT2D eigenvalue weighted by molar-refractivity contribution is -0.325. The third-order valence-corrected chi connectivity index (χ3v) is 14.9. The van der Waals surface area contributed by atoms with E-state index in [9.17, 15) is 10.2 Å². The highest BCUT2D eigenvalue weighted by Gasteiger charge is 2.38. The molecule has 0 fully saturated rings. The smallest absolute Gasteiger partial charge is 0.214 e. The Balaban J connectivity index is 0.728. The number of amidine groups is 1. The van der Waals surface area contributed by atoms with E-state index in [0.29, 0.717) is 28.9 Å². The number of nitrogens with zero attached hydrogens (tertiary/aromatic N) is 7. The third-order valence-electron chi connectivity index (χ3n) is 14.9. The van der Waals surface area contributed by atoms with Crippen LogP contribution in [0.3, 0.4) is 0 Å². The zero-order valence-corrected chi connectivity index (χ0v) is 37.3. The molecule has 2 atom stereocenters. The van der Waals surface area contributed by atoms with Crippen molar-refractivity contribution >= 4 is 111 Å². The zero-order valence-electron chi connectivity index (χ0n) is 37.3. The van der Waals surface area contributed by atoms with Gasteiger partial charge in [-0.2, -0.15) is 0 Å². The Morgan fingerprint density at radius 3 is 1.68 bits per heavy atom. The molecule has 2 unspecified atom stereocenters. The highest BCUT2D eigenvalue weighted by Crippen LogP contribution is 2.51. The normalized spacial score (nSPS) is 18.6. The maximum Gasteiger partial charge on any atom is 0.214 e. The zero-order chi connectivity index (χ0) is 46.6. The molecule has 12 heteroatoms. The molecule has 0 spiro atoms. The van der Waals surface area contributed by atoms with Crippen LogP contribution >= 0.6 is 0 Å². The quantitative estimate of drug-likeness (QED) is 0.159. The number of aliphatic imine (C=N–C) groups is 3. The first kappa shape index (κ1) is 38.2. The minimum absolute atomic E-state index is 0.205. The van der Waals surface area contributed by atoms with E-state index in [0.717, 1.165) is 111 Å². The van der Waals surface area contributed by atoms with Crippen molar-refractivity contribution < 1.29 is 10.2 Å². The van der Waals surface area contributed by atoms with Crippen molar-refractivity contribution in [2.24, 2.45) is 26.8 Å². The van der Waals surface area contributed by atoms with Crippen LogP contribution in [0.5, 0.6) is 0 Å². The first-order chi connectivity index (χ1) is 35.1. The van der Waals surface area contributed by atoms with Gasteiger partial charge in [-0.15, -0.1) is 0 Å². The molecule has 3 aliphatic carbocycles. The summed E-state index contributed by atoms with van der Waals surface area (Å²) in [6.45, 7) is 0. The van der Waals surface area contributed by atoms with E-state index in [-0.39, 0.29) is 23.0 Å². The number of nitrogens with one attached hydrogen (secondary N) is 3. The molecule has 10 aromatic rings. The van der Waals surface area contributed by atoms with Gasteiger partial charge in [0.1, 0.15) is 17.1 Å². The van der Waals surface area contributed by atoms with Crippen molar-refractivity contribution in [3.63, 3.8) is 0 Å². The Labute approximate surface area is 403 Å². The van der Waals surface area contributed by atoms with Crippen LogP contribution in [-0.2, 0) is 0 Å². The number of fused-ring (bicyclic) bond motifs is 6. The van der Waals surface area contributed by atoms with Crippen molar-refractivity contribution in [3.8, 4) is 0 Å². The molecule has 7 heterocycles. The Hall–Kier alpha value is -9.81. The number of hydrogen-bond donors (Lipinski definition) is 3. The van der Waals surface area contributed by atoms with Gasteiger partial charge in [-0.25, -0.2) is 24.9 Å². The Kier molecular flexibility index (Phi) is 7.47. The van der Waals surface area contributed by atoms with Crippen molar-refractivity contribution in [2.45, 2.75) is 0 Å². The molecular weight excluding hydrogens is 881 g/mol. The lowest BCUT2D eigenvalue weighted by Gasteiger charge is -2.46. The van der Waals surface area contributed by atoms with Crippen LogP contribution in [0.25, 0.3) is 71.0 Å². The highest BCUT2D eigenvalue weighted by molar-refractivity contribution is 6.24. The van der Waals surface area contributed by atoms with E-state index in [4.69, 9.17) is 24.9 Å². The van der Waals surface area contributed by atoms with Crippen molar-refractivity contribution in [1.29, 1.82) is 0 Å². The summed E-state index contributed by atoms with van der Waals surface area (Å²) in [5.41, 5.74) is 11.7. The summed E-state index contributed by atoms with van der Waals surface area (Å²) in [5.74, 6) is 0.842. The fourth-order valence-electron chi connectivity index (χ4n) is 11.8. The number of rotatable bonds is 3. The molecule has 3 N–H and O–H groups in total. The van der Waals surface area contributed by atoms with E-state index in [2.05, 4.69) is 81.2 Å². The van der Waals surface area contributed by atoms with Crippen molar-refractivity contribution in [2.75, 3.05) is 10.6 Å². The summed E-state index contributed by atoms with van der Waals surface area (Å²) < 4.78 is 4.14. The standard InChI is InChI=1S/C59H36N10O2/c70-53-51(54(71)52(53)36-23-26-44-49-33(36)13-6-18-41(49)64-58(66-44)68-46-20-3-1-10-30(46)38-15-8-28-60-56(38)68)35-22-25-43-48-32(35)12-5-17-40(48)62-55(63-43)37-24-27-45-50-34(37)14-7-19-42(50)65-59(67-45)69-47-21-4-2-11-31(47)39-16-9-29-61-57(39)69/h1-29,32,35,70-71H,(H,62,63)(H,64,66)(H,65,67)/p-2. The van der Waals surface area contributed by atoms with Gasteiger partial charge in [0.2, 0.25) is 11.9 Å². The Morgan fingerprint density at radius 2 is 1.04 bits per heavy atom. The van der Waals surface area contributed by atoms with Gasteiger partial charge < -0.3 is 26.2 Å². The average molecular weight is 915 g/mol. The topological polar surface area (TPSA) is 155 Å². The van der Waals surface area contributed by atoms with Crippen LogP contribution in [0.1, 0.15) is 11.1 Å². The molecule has 0 bridgehead atoms. The summed E-state index contributed by atoms with van der Waals surface area (Å²) in [4.78, 5) is 25.1. The van der Waals surface area contributed by atoms with Gasteiger partial charge in [0.05, 0.1) is 39.5 Å². The summed E-state index contributed by atoms with van der Waals surface area (Å²) >= 11 is 0. The van der Waals surface area contributed by atoms with Gasteiger partial charge in [0.25, 0.3) is 0 Å². The first-order valence-electron chi connectivity index (χ1n) is 23.6. The third kappa shape index (κ3) is 5.14. The monoisotopic (exact) mass is 914 g/mol. The van der Waals surface area contributed by atoms with Crippen molar-refractivity contribution in [1.82, 2.24) is 24.4 Å². The van der Waals surface area contributed by atoms with E-state index >= 15 is 0 Å². The minimum Gasteiger partial charge on any atom is -0.872 e. The molecule has 0 saturated heterocycles. The van der Waals surface area contributed by atoms with Gasteiger partial charge in [-0.05, 0) is 101 Å². The molecule has 3 aliphatic heterocycles. The summed E-state index contributed by atoms with van der Waals surface area (Å²) in [5, 5.41) is 47.8. The van der Waals surface area contributed by atoms with Crippen molar-refractivity contribution in [3.05, 3.63) is 221 Å². The van der Waals surface area contributed by atoms with Gasteiger partial charge in [0.15, 0.2) is 0 Å². The number of allylic oxidation sites excluding steroid dienone is 8. The molecule has 0 radical (unpaired) electrons. The molecule has 71 heavy (non-hydrogen) atoms. The SMILES string of the molecule is [O-]C1=C(c2ccc3c4c(cccc24)N=C(n2c4ccccc4c4cccnc42)N3)C([O-])=C1C1C=CC2=C3C(=CC=CC31)NC(c1ccc3c4c(cccc14)N=C(n1c4ccccc4c4cccnc41)N3)=N2. The van der Waals surface area contributed by atoms with E-state index in [1.54, 1.807) is 6.20 Å². The molecule has 16 rings (SSSR count). The van der Waals surface area contributed by atoms with Crippen LogP contribution < -0.4 is 26.2 Å². The van der Waals surface area contributed by atoms with Gasteiger partial charge in [-0.3, -0.25) is 9.13 Å². The number of aromatic nitrogens is 4. The van der Waals surface area contributed by atoms with Crippen LogP contribution in [0.15, 0.2) is 225 Å². The minimum atomic E-state index is -0.451. The number of hydrogen-bond acceptors (Lipinski definition) is 10. The second-order valence-electron chi connectivity index (χ2n) is 18.5. The van der Waals surface area contributed by atoms with Gasteiger partial charge >= 0.3 is 0 Å². The second kappa shape index (κ2) is 13.9. The molecule has 6 aromatic carbocycles. The molecule has 0 amide bonds. The molecule has 4 aromatic heterocycles. The number of para-hydroxylation sites is 2. The number of benzene rings is 6. The lowest BCUT2D eigenvalue weighted by Crippen LogP contribution is -2.38. The fraction of sp³-hybridized carbons (Fsp3) is 0.0339. The number of anilines is 2. The van der Waals surface area contributed by atoms with E-state index < -0.39 is 5.92 Å². The molecule has 0 saturated carbocycles. The Morgan fingerprint density at radius 1 is 0.479 bits per heavy atom. The van der Waals surface area contributed by atoms with Gasteiger partial charge in [-0.1, -0.05) is 102 Å². The second-order valence-corrected chi connectivity index (χ2v) is 18.5. The first-order valence-corrected chi connectivity index (χ1v) is 23.6. The largest absolute Gasteiger partial charge is 0.872 e. The average Bonchev–Trinajstić information content (AvgIpc) is 3.94. The highest BCUT2D eigenvalue weighted by atomic mass is 16.3. The predicted octanol–water partition coefficient (Wildman–Crippen LogP) is 10.2. The maximum atomic E-state index is 14.5. The molecular formula is C59H34N10O2-2. The summed E-state index contributed by atoms with van der Waals surface area (Å²) in [6, 6.07) is 44.6. The molecule has 6 aliphatic rings. The molecule has 334 valence electrons. The fourth-order valence-corrected chi connectivity index (χ4v) is 11.8.